The summed E-state index contributed by atoms with van der Waals surface area (Å²) >= 11 is 0. The fourth-order valence-corrected chi connectivity index (χ4v) is 1.81. The van der Waals surface area contributed by atoms with Crippen molar-refractivity contribution in [2.45, 2.75) is 26.7 Å². The summed E-state index contributed by atoms with van der Waals surface area (Å²) in [5, 5.41) is 9.02. The molecule has 1 heteroatoms. The molecule has 1 saturated carbocycles. The number of rotatable bonds is 2. The standard InChI is InChI=1S/C9H16O/c1-7(2)8-4-5-9(8,3)6-10/h8,10H,1,4-6H2,2-3H3. The van der Waals surface area contributed by atoms with E-state index < -0.39 is 0 Å². The Bertz CT molecular complexity index is 147. The Labute approximate surface area is 62.8 Å². The summed E-state index contributed by atoms with van der Waals surface area (Å²) in [5.41, 5.74) is 1.38. The predicted molar refractivity (Wildman–Crippen MR) is 42.7 cm³/mol. The molecule has 1 fully saturated rings. The number of aliphatic hydroxyl groups excluding tert-OH is 1. The third kappa shape index (κ3) is 0.988. The molecule has 1 aliphatic carbocycles. The lowest BCUT2D eigenvalue weighted by atomic mass is 9.59. The minimum Gasteiger partial charge on any atom is -0.396 e. The molecule has 0 heterocycles. The van der Waals surface area contributed by atoms with Gasteiger partial charge in [-0.05, 0) is 31.1 Å². The van der Waals surface area contributed by atoms with Crippen LogP contribution in [0.1, 0.15) is 26.7 Å². The van der Waals surface area contributed by atoms with Crippen LogP contribution in [0.25, 0.3) is 0 Å². The van der Waals surface area contributed by atoms with Crippen molar-refractivity contribution in [1.82, 2.24) is 0 Å². The quantitative estimate of drug-likeness (QED) is 0.581. The van der Waals surface area contributed by atoms with Crippen molar-refractivity contribution in [3.8, 4) is 0 Å². The van der Waals surface area contributed by atoms with Crippen LogP contribution in [0.15, 0.2) is 12.2 Å². The predicted octanol–water partition coefficient (Wildman–Crippen LogP) is 1.97. The van der Waals surface area contributed by atoms with Crippen LogP contribution >= 0.6 is 0 Å². The van der Waals surface area contributed by atoms with E-state index in [0.29, 0.717) is 12.5 Å². The van der Waals surface area contributed by atoms with Crippen LogP contribution in [0.3, 0.4) is 0 Å². The van der Waals surface area contributed by atoms with E-state index in [4.69, 9.17) is 5.11 Å². The molecule has 58 valence electrons. The molecule has 0 saturated heterocycles. The SMILES string of the molecule is C=C(C)C1CCC1(C)CO. The Kier molecular flexibility index (Phi) is 1.86. The van der Waals surface area contributed by atoms with E-state index in [1.165, 1.54) is 12.0 Å². The monoisotopic (exact) mass is 140 g/mol. The third-order valence-corrected chi connectivity index (χ3v) is 2.80. The van der Waals surface area contributed by atoms with E-state index >= 15 is 0 Å². The van der Waals surface area contributed by atoms with Crippen LogP contribution < -0.4 is 0 Å². The zero-order valence-corrected chi connectivity index (χ0v) is 6.85. The average molecular weight is 140 g/mol. The maximum absolute atomic E-state index is 9.02. The van der Waals surface area contributed by atoms with Crippen LogP contribution in [0.5, 0.6) is 0 Å². The van der Waals surface area contributed by atoms with Gasteiger partial charge in [-0.2, -0.15) is 0 Å². The van der Waals surface area contributed by atoms with E-state index in [9.17, 15) is 0 Å². The Balaban J connectivity index is 2.57. The molecule has 0 bridgehead atoms. The lowest BCUT2D eigenvalue weighted by molar-refractivity contribution is 0.0111. The molecule has 0 aromatic rings. The van der Waals surface area contributed by atoms with Crippen molar-refractivity contribution in [2.24, 2.45) is 11.3 Å². The normalized spacial score (nSPS) is 38.9. The summed E-state index contributed by atoms with van der Waals surface area (Å²) in [6.45, 7) is 8.41. The Morgan fingerprint density at radius 3 is 2.50 bits per heavy atom. The maximum atomic E-state index is 9.02. The molecular weight excluding hydrogens is 124 g/mol. The van der Waals surface area contributed by atoms with E-state index in [2.05, 4.69) is 20.4 Å². The second kappa shape index (κ2) is 2.39. The number of aliphatic hydroxyl groups is 1. The second-order valence-electron chi connectivity index (χ2n) is 3.75. The molecule has 1 nitrogen and oxygen atoms in total. The zero-order valence-electron chi connectivity index (χ0n) is 6.85. The maximum Gasteiger partial charge on any atom is 0.0490 e. The second-order valence-corrected chi connectivity index (χ2v) is 3.75. The molecule has 0 aliphatic heterocycles. The molecule has 0 aromatic carbocycles. The van der Waals surface area contributed by atoms with Gasteiger partial charge in [0.05, 0.1) is 0 Å². The average Bonchev–Trinajstić information content (AvgIpc) is 1.83. The Morgan fingerprint density at radius 2 is 2.40 bits per heavy atom. The van der Waals surface area contributed by atoms with E-state index in [1.807, 2.05) is 0 Å². The van der Waals surface area contributed by atoms with Gasteiger partial charge in [0, 0.05) is 6.61 Å². The van der Waals surface area contributed by atoms with Gasteiger partial charge in [-0.3, -0.25) is 0 Å². The van der Waals surface area contributed by atoms with Crippen LogP contribution in [-0.2, 0) is 0 Å². The van der Waals surface area contributed by atoms with Crippen LogP contribution in [0, 0.1) is 11.3 Å². The van der Waals surface area contributed by atoms with Gasteiger partial charge in [-0.1, -0.05) is 19.1 Å². The lowest BCUT2D eigenvalue weighted by Gasteiger charge is -2.46. The highest BCUT2D eigenvalue weighted by Crippen LogP contribution is 2.49. The molecule has 0 amide bonds. The first kappa shape index (κ1) is 7.80. The molecule has 1 aliphatic rings. The minimum atomic E-state index is 0.159. The molecular formula is C9H16O. The molecule has 0 aromatic heterocycles. The van der Waals surface area contributed by atoms with Crippen molar-refractivity contribution < 1.29 is 5.11 Å². The number of allylic oxidation sites excluding steroid dienone is 1. The highest BCUT2D eigenvalue weighted by atomic mass is 16.3. The smallest absolute Gasteiger partial charge is 0.0490 e. The fourth-order valence-electron chi connectivity index (χ4n) is 1.81. The summed E-state index contributed by atoms with van der Waals surface area (Å²) in [6, 6.07) is 0. The van der Waals surface area contributed by atoms with Crippen LogP contribution in [0.4, 0.5) is 0 Å². The van der Waals surface area contributed by atoms with Crippen LogP contribution in [0.2, 0.25) is 0 Å². The van der Waals surface area contributed by atoms with Crippen molar-refractivity contribution >= 4 is 0 Å². The first-order chi connectivity index (χ1) is 4.60. The molecule has 2 atom stereocenters. The van der Waals surface area contributed by atoms with Gasteiger partial charge in [0.1, 0.15) is 0 Å². The molecule has 1 rings (SSSR count). The van der Waals surface area contributed by atoms with Gasteiger partial charge in [0.15, 0.2) is 0 Å². The van der Waals surface area contributed by atoms with Gasteiger partial charge in [0.25, 0.3) is 0 Å². The Morgan fingerprint density at radius 1 is 1.80 bits per heavy atom. The third-order valence-electron chi connectivity index (χ3n) is 2.80. The van der Waals surface area contributed by atoms with E-state index in [0.717, 1.165) is 6.42 Å². The summed E-state index contributed by atoms with van der Waals surface area (Å²) in [5.74, 6) is 0.567. The summed E-state index contributed by atoms with van der Waals surface area (Å²) < 4.78 is 0. The van der Waals surface area contributed by atoms with Crippen molar-refractivity contribution in [3.05, 3.63) is 12.2 Å². The molecule has 2 unspecified atom stereocenters. The lowest BCUT2D eigenvalue weighted by Crippen LogP contribution is -2.40. The van der Waals surface area contributed by atoms with Crippen molar-refractivity contribution in [1.29, 1.82) is 0 Å². The summed E-state index contributed by atoms with van der Waals surface area (Å²) in [6.07, 6.45) is 2.37. The van der Waals surface area contributed by atoms with Crippen molar-refractivity contribution in [3.63, 3.8) is 0 Å². The van der Waals surface area contributed by atoms with Gasteiger partial charge in [0.2, 0.25) is 0 Å². The number of hydrogen-bond donors (Lipinski definition) is 1. The van der Waals surface area contributed by atoms with Crippen LogP contribution in [-0.4, -0.2) is 11.7 Å². The van der Waals surface area contributed by atoms with Gasteiger partial charge in [-0.25, -0.2) is 0 Å². The topological polar surface area (TPSA) is 20.2 Å². The van der Waals surface area contributed by atoms with Gasteiger partial charge < -0.3 is 5.11 Å². The van der Waals surface area contributed by atoms with Gasteiger partial charge in [-0.15, -0.1) is 0 Å². The molecule has 0 spiro atoms. The first-order valence-electron chi connectivity index (χ1n) is 3.86. The van der Waals surface area contributed by atoms with Crippen molar-refractivity contribution in [2.75, 3.05) is 6.61 Å². The molecule has 1 N–H and O–H groups in total. The van der Waals surface area contributed by atoms with E-state index in [1.54, 1.807) is 0 Å². The Hall–Kier alpha value is -0.300. The fraction of sp³-hybridized carbons (Fsp3) is 0.778. The summed E-state index contributed by atoms with van der Waals surface area (Å²) in [7, 11) is 0. The summed E-state index contributed by atoms with van der Waals surface area (Å²) in [4.78, 5) is 0. The largest absolute Gasteiger partial charge is 0.396 e. The zero-order chi connectivity index (χ0) is 7.78. The van der Waals surface area contributed by atoms with Gasteiger partial charge >= 0.3 is 0 Å². The number of hydrogen-bond acceptors (Lipinski definition) is 1. The minimum absolute atomic E-state index is 0.159. The molecule has 10 heavy (non-hydrogen) atoms. The van der Waals surface area contributed by atoms with E-state index in [-0.39, 0.29) is 5.41 Å². The highest BCUT2D eigenvalue weighted by molar-refractivity contribution is 5.09. The first-order valence-corrected chi connectivity index (χ1v) is 3.86. The molecule has 0 radical (unpaired) electrons. The highest BCUT2D eigenvalue weighted by Gasteiger charge is 2.42.